The lowest BCUT2D eigenvalue weighted by atomic mass is 10.1. The zero-order valence-corrected chi connectivity index (χ0v) is 15.0. The number of aryl methyl sites for hydroxylation is 1. The Labute approximate surface area is 154 Å². The average Bonchev–Trinajstić information content (AvgIpc) is 2.99. The third kappa shape index (κ3) is 4.92. The number of carbonyl (C=O) groups is 2. The first-order valence-corrected chi connectivity index (χ1v) is 8.56. The van der Waals surface area contributed by atoms with Gasteiger partial charge in [0.15, 0.2) is 0 Å². The van der Waals surface area contributed by atoms with Crippen LogP contribution in [-0.2, 0) is 0 Å². The fourth-order valence-corrected chi connectivity index (χ4v) is 3.13. The van der Waals surface area contributed by atoms with E-state index in [1.807, 2.05) is 31.2 Å². The Bertz CT molecular complexity index is 871. The summed E-state index contributed by atoms with van der Waals surface area (Å²) in [6, 6.07) is 14.5. The number of carboxylic acid groups (broad SMARTS) is 1. The van der Waals surface area contributed by atoms with Crippen molar-refractivity contribution in [2.45, 2.75) is 6.92 Å². The van der Waals surface area contributed by atoms with Gasteiger partial charge in [-0.25, -0.2) is 4.79 Å². The first-order valence-electron chi connectivity index (χ1n) is 7.30. The highest BCUT2D eigenvalue weighted by atomic mass is 35.5. The quantitative estimate of drug-likeness (QED) is 0.621. The van der Waals surface area contributed by atoms with Gasteiger partial charge in [-0.1, -0.05) is 53.6 Å². The molecule has 1 aromatic heterocycles. The van der Waals surface area contributed by atoms with Crippen molar-refractivity contribution in [3.05, 3.63) is 75.6 Å². The van der Waals surface area contributed by atoms with Gasteiger partial charge < -0.3 is 10.8 Å². The summed E-state index contributed by atoms with van der Waals surface area (Å²) in [6.07, 6.45) is 0.847. The fraction of sp³-hybridized carbons (Fsp3) is 0.0526. The van der Waals surface area contributed by atoms with Crippen LogP contribution < -0.4 is 5.73 Å². The molecule has 1 heterocycles. The number of carbonyl (C=O) groups excluding carboxylic acids is 1. The van der Waals surface area contributed by atoms with Crippen LogP contribution in [0.3, 0.4) is 0 Å². The number of thiophene rings is 1. The van der Waals surface area contributed by atoms with Crippen LogP contribution in [0.2, 0.25) is 5.02 Å². The van der Waals surface area contributed by atoms with Crippen LogP contribution in [0.1, 0.15) is 26.3 Å². The molecule has 25 heavy (non-hydrogen) atoms. The van der Waals surface area contributed by atoms with E-state index >= 15 is 0 Å². The topological polar surface area (TPSA) is 80.4 Å². The maximum absolute atomic E-state index is 11.0. The normalized spacial score (nSPS) is 9.84. The van der Waals surface area contributed by atoms with E-state index in [-0.39, 0.29) is 5.56 Å². The Morgan fingerprint density at radius 3 is 2.24 bits per heavy atom. The van der Waals surface area contributed by atoms with E-state index in [1.165, 1.54) is 16.9 Å². The number of aromatic carboxylic acids is 1. The summed E-state index contributed by atoms with van der Waals surface area (Å²) in [5.41, 5.74) is 8.79. The van der Waals surface area contributed by atoms with Crippen molar-refractivity contribution in [2.75, 3.05) is 5.73 Å². The summed E-state index contributed by atoms with van der Waals surface area (Å²) >= 11 is 7.08. The molecule has 0 bridgehead atoms. The number of aldehydes is 1. The maximum atomic E-state index is 11.0. The largest absolute Gasteiger partial charge is 0.478 e. The van der Waals surface area contributed by atoms with Crippen molar-refractivity contribution in [1.29, 1.82) is 0 Å². The Morgan fingerprint density at radius 1 is 1.12 bits per heavy atom. The zero-order chi connectivity index (χ0) is 18.4. The van der Waals surface area contributed by atoms with Crippen LogP contribution >= 0.6 is 22.9 Å². The van der Waals surface area contributed by atoms with E-state index in [0.29, 0.717) is 15.6 Å². The van der Waals surface area contributed by atoms with Gasteiger partial charge in [-0.15, -0.1) is 11.3 Å². The lowest BCUT2D eigenvalue weighted by Crippen LogP contribution is -2.00. The molecule has 6 heteroatoms. The highest BCUT2D eigenvalue weighted by molar-refractivity contribution is 7.14. The van der Waals surface area contributed by atoms with Crippen molar-refractivity contribution in [2.24, 2.45) is 0 Å². The predicted octanol–water partition coefficient (Wildman–Crippen LogP) is 5.16. The molecule has 3 rings (SSSR count). The second-order valence-electron chi connectivity index (χ2n) is 5.24. The van der Waals surface area contributed by atoms with E-state index in [2.05, 4.69) is 0 Å². The summed E-state index contributed by atoms with van der Waals surface area (Å²) in [5.74, 6) is -1.01. The molecular formula is C19H16ClNO3S. The first kappa shape index (κ1) is 18.7. The van der Waals surface area contributed by atoms with Crippen LogP contribution in [0.25, 0.3) is 10.4 Å². The summed E-state index contributed by atoms with van der Waals surface area (Å²) in [4.78, 5) is 21.8. The molecule has 0 amide bonds. The van der Waals surface area contributed by atoms with Gasteiger partial charge in [0.05, 0.1) is 10.6 Å². The molecule has 128 valence electrons. The number of benzene rings is 2. The minimum absolute atomic E-state index is 0.160. The average molecular weight is 374 g/mol. The van der Waals surface area contributed by atoms with Gasteiger partial charge in [0.1, 0.15) is 11.8 Å². The van der Waals surface area contributed by atoms with Gasteiger partial charge in [-0.2, -0.15) is 0 Å². The molecule has 3 aromatic rings. The number of hydrogen-bond donors (Lipinski definition) is 2. The Hall–Kier alpha value is -2.63. The molecule has 0 saturated heterocycles. The molecular weight excluding hydrogens is 358 g/mol. The second-order valence-corrected chi connectivity index (χ2v) is 6.55. The van der Waals surface area contributed by atoms with Gasteiger partial charge in [-0.3, -0.25) is 4.79 Å². The van der Waals surface area contributed by atoms with Crippen molar-refractivity contribution in [3.8, 4) is 10.4 Å². The molecule has 0 unspecified atom stereocenters. The van der Waals surface area contributed by atoms with Crippen LogP contribution in [0.4, 0.5) is 5.69 Å². The monoisotopic (exact) mass is 373 g/mol. The molecule has 0 saturated carbocycles. The molecule has 0 aliphatic rings. The van der Waals surface area contributed by atoms with E-state index in [0.717, 1.165) is 17.4 Å². The van der Waals surface area contributed by atoms with Crippen LogP contribution in [-0.4, -0.2) is 17.4 Å². The van der Waals surface area contributed by atoms with Crippen molar-refractivity contribution in [1.82, 2.24) is 0 Å². The second kappa shape index (κ2) is 8.46. The lowest BCUT2D eigenvalue weighted by molar-refractivity contribution is 0.0699. The van der Waals surface area contributed by atoms with E-state index in [1.54, 1.807) is 29.6 Å². The molecule has 0 aliphatic carbocycles. The highest BCUT2D eigenvalue weighted by Crippen LogP contribution is 2.34. The summed E-state index contributed by atoms with van der Waals surface area (Å²) in [7, 11) is 0. The first-order chi connectivity index (χ1) is 11.9. The van der Waals surface area contributed by atoms with Gasteiger partial charge in [0.25, 0.3) is 0 Å². The molecule has 0 atom stereocenters. The molecule has 4 nitrogen and oxygen atoms in total. The smallest absolute Gasteiger partial charge is 0.339 e. The third-order valence-electron chi connectivity index (χ3n) is 3.35. The maximum Gasteiger partial charge on any atom is 0.339 e. The Balaban J connectivity index is 0.000000212. The van der Waals surface area contributed by atoms with E-state index < -0.39 is 5.97 Å². The summed E-state index contributed by atoms with van der Waals surface area (Å²) < 4.78 is 0. The fourth-order valence-electron chi connectivity index (χ4n) is 2.05. The molecule has 0 spiro atoms. The molecule has 3 N–H and O–H groups in total. The van der Waals surface area contributed by atoms with Crippen molar-refractivity contribution >= 4 is 40.9 Å². The lowest BCUT2D eigenvalue weighted by Gasteiger charge is -2.01. The van der Waals surface area contributed by atoms with Crippen LogP contribution in [0.15, 0.2) is 53.9 Å². The number of rotatable bonds is 3. The number of nitrogens with two attached hydrogens (primary N) is 1. The van der Waals surface area contributed by atoms with Crippen molar-refractivity contribution < 1.29 is 14.7 Å². The van der Waals surface area contributed by atoms with Crippen molar-refractivity contribution in [3.63, 3.8) is 0 Å². The third-order valence-corrected chi connectivity index (χ3v) is 4.65. The predicted molar refractivity (Wildman–Crippen MR) is 103 cm³/mol. The van der Waals surface area contributed by atoms with Gasteiger partial charge in [0, 0.05) is 16.0 Å². The minimum Gasteiger partial charge on any atom is -0.478 e. The standard InChI is InChI=1S/C11H8ClNO2S.C8H8O/c12-7-3-1-6(2-4-7)10-9(11(14)15)8(13)5-16-10;1-7-2-4-8(6-9)5-3-7/h1-5H,13H2,(H,14,15);2-6H,1H3. The van der Waals surface area contributed by atoms with Gasteiger partial charge in [-0.05, 0) is 24.6 Å². The van der Waals surface area contributed by atoms with E-state index in [9.17, 15) is 9.59 Å². The molecule has 0 aliphatic heterocycles. The van der Waals surface area contributed by atoms with Gasteiger partial charge in [0.2, 0.25) is 0 Å². The number of anilines is 1. The molecule has 0 fully saturated rings. The summed E-state index contributed by atoms with van der Waals surface area (Å²) in [6.45, 7) is 1.99. The number of nitrogen functional groups attached to an aromatic ring is 1. The minimum atomic E-state index is -1.01. The number of carboxylic acids is 1. The molecule has 0 radical (unpaired) electrons. The summed E-state index contributed by atoms with van der Waals surface area (Å²) in [5, 5.41) is 11.3. The van der Waals surface area contributed by atoms with Crippen LogP contribution in [0.5, 0.6) is 0 Å². The Kier molecular flexibility index (Phi) is 6.33. The van der Waals surface area contributed by atoms with Gasteiger partial charge >= 0.3 is 5.97 Å². The zero-order valence-electron chi connectivity index (χ0n) is 13.4. The number of hydrogen-bond acceptors (Lipinski definition) is 4. The van der Waals surface area contributed by atoms with E-state index in [4.69, 9.17) is 22.4 Å². The van der Waals surface area contributed by atoms with Crippen LogP contribution in [0, 0.1) is 6.92 Å². The Morgan fingerprint density at radius 2 is 1.72 bits per heavy atom. The SMILES string of the molecule is Cc1ccc(C=O)cc1.Nc1csc(-c2ccc(Cl)cc2)c1C(=O)O. The number of halogens is 1. The highest BCUT2D eigenvalue weighted by Gasteiger charge is 2.17. The molecule has 2 aromatic carbocycles.